The van der Waals surface area contributed by atoms with Gasteiger partial charge in [-0.2, -0.15) is 0 Å². The van der Waals surface area contributed by atoms with Gasteiger partial charge in [-0.25, -0.2) is 8.42 Å². The fourth-order valence-electron chi connectivity index (χ4n) is 3.50. The van der Waals surface area contributed by atoms with Crippen LogP contribution in [-0.2, 0) is 14.8 Å². The molecule has 0 aromatic heterocycles. The van der Waals surface area contributed by atoms with Crippen LogP contribution in [0.5, 0.6) is 11.5 Å². The standard InChI is InChI=1S/C25H27ClN2O5S/c1-4-22(18-10-15-23(32-2)24(16-18)33-3)27-25(29)17-28(20-13-11-19(26)12-14-20)34(30,31)21-8-6-5-7-9-21/h5-16,22H,4,17H2,1-3H3,(H,27,29). The van der Waals surface area contributed by atoms with Crippen molar-refractivity contribution in [3.05, 3.63) is 83.4 Å². The molecule has 1 unspecified atom stereocenters. The first kappa shape index (κ1) is 25.4. The summed E-state index contributed by atoms with van der Waals surface area (Å²) in [5, 5.41) is 3.40. The summed E-state index contributed by atoms with van der Waals surface area (Å²) in [4.78, 5) is 13.2. The third-order valence-electron chi connectivity index (χ3n) is 5.29. The van der Waals surface area contributed by atoms with Crippen molar-refractivity contribution in [2.24, 2.45) is 0 Å². The number of methoxy groups -OCH3 is 2. The summed E-state index contributed by atoms with van der Waals surface area (Å²) >= 11 is 5.99. The van der Waals surface area contributed by atoms with E-state index in [1.807, 2.05) is 13.0 Å². The second kappa shape index (κ2) is 11.3. The highest BCUT2D eigenvalue weighted by Gasteiger charge is 2.28. The van der Waals surface area contributed by atoms with Crippen LogP contribution in [-0.4, -0.2) is 35.1 Å². The van der Waals surface area contributed by atoms with Gasteiger partial charge < -0.3 is 14.8 Å². The van der Waals surface area contributed by atoms with Crippen molar-refractivity contribution in [2.45, 2.75) is 24.3 Å². The van der Waals surface area contributed by atoms with E-state index in [1.165, 1.54) is 12.1 Å². The molecule has 0 radical (unpaired) electrons. The van der Waals surface area contributed by atoms with Gasteiger partial charge in [0, 0.05) is 5.02 Å². The maximum Gasteiger partial charge on any atom is 0.264 e. The van der Waals surface area contributed by atoms with Crippen LogP contribution in [0, 0.1) is 0 Å². The number of rotatable bonds is 10. The average Bonchev–Trinajstić information content (AvgIpc) is 2.86. The van der Waals surface area contributed by atoms with Crippen molar-refractivity contribution >= 4 is 33.2 Å². The van der Waals surface area contributed by atoms with Crippen molar-refractivity contribution in [1.82, 2.24) is 5.32 Å². The summed E-state index contributed by atoms with van der Waals surface area (Å²) in [5.41, 5.74) is 1.15. The molecular weight excluding hydrogens is 476 g/mol. The van der Waals surface area contributed by atoms with Crippen LogP contribution in [0.25, 0.3) is 0 Å². The number of halogens is 1. The molecule has 9 heteroatoms. The van der Waals surface area contributed by atoms with Crippen molar-refractivity contribution in [1.29, 1.82) is 0 Å². The lowest BCUT2D eigenvalue weighted by atomic mass is 10.0. The van der Waals surface area contributed by atoms with Crippen LogP contribution in [0.2, 0.25) is 5.02 Å². The van der Waals surface area contributed by atoms with Crippen molar-refractivity contribution < 1.29 is 22.7 Å². The van der Waals surface area contributed by atoms with E-state index in [1.54, 1.807) is 68.8 Å². The second-order valence-electron chi connectivity index (χ2n) is 7.44. The zero-order chi connectivity index (χ0) is 24.7. The smallest absolute Gasteiger partial charge is 0.264 e. The molecule has 3 aromatic rings. The van der Waals surface area contributed by atoms with Gasteiger partial charge in [0.05, 0.1) is 30.8 Å². The molecule has 0 aliphatic carbocycles. The first-order valence-electron chi connectivity index (χ1n) is 10.6. The highest BCUT2D eigenvalue weighted by atomic mass is 35.5. The number of nitrogens with zero attached hydrogens (tertiary/aromatic N) is 1. The molecule has 34 heavy (non-hydrogen) atoms. The van der Waals surface area contributed by atoms with Crippen LogP contribution in [0.15, 0.2) is 77.7 Å². The second-order valence-corrected chi connectivity index (χ2v) is 9.74. The number of amides is 1. The van der Waals surface area contributed by atoms with Crippen molar-refractivity contribution in [2.75, 3.05) is 25.1 Å². The number of anilines is 1. The SMILES string of the molecule is CCC(NC(=O)CN(c1ccc(Cl)cc1)S(=O)(=O)c1ccccc1)c1ccc(OC)c(OC)c1. The van der Waals surface area contributed by atoms with E-state index in [0.29, 0.717) is 28.6 Å². The molecule has 0 aliphatic heterocycles. The van der Waals surface area contributed by atoms with Crippen LogP contribution in [0.1, 0.15) is 24.9 Å². The Hall–Kier alpha value is -3.23. The van der Waals surface area contributed by atoms with Crippen molar-refractivity contribution in [3.8, 4) is 11.5 Å². The van der Waals surface area contributed by atoms with E-state index < -0.39 is 22.5 Å². The first-order valence-corrected chi connectivity index (χ1v) is 12.5. The molecule has 1 amide bonds. The predicted octanol–water partition coefficient (Wildman–Crippen LogP) is 4.82. The molecule has 0 saturated carbocycles. The molecule has 3 rings (SSSR count). The zero-order valence-corrected chi connectivity index (χ0v) is 20.8. The van der Waals surface area contributed by atoms with Gasteiger partial charge >= 0.3 is 0 Å². The van der Waals surface area contributed by atoms with Gasteiger partial charge in [0.15, 0.2) is 11.5 Å². The number of ether oxygens (including phenoxy) is 2. The molecule has 7 nitrogen and oxygen atoms in total. The molecule has 0 aliphatic rings. The Balaban J connectivity index is 1.89. The van der Waals surface area contributed by atoms with E-state index in [9.17, 15) is 13.2 Å². The minimum absolute atomic E-state index is 0.0877. The van der Waals surface area contributed by atoms with Crippen LogP contribution < -0.4 is 19.1 Å². The Morgan fingerprint density at radius 1 is 0.971 bits per heavy atom. The third-order valence-corrected chi connectivity index (χ3v) is 7.33. The normalized spacial score (nSPS) is 12.0. The summed E-state index contributed by atoms with van der Waals surface area (Å²) in [5.74, 6) is 0.675. The maximum absolute atomic E-state index is 13.4. The third kappa shape index (κ3) is 5.81. The van der Waals surface area contributed by atoms with E-state index >= 15 is 0 Å². The van der Waals surface area contributed by atoms with Gasteiger partial charge in [0.2, 0.25) is 5.91 Å². The lowest BCUT2D eigenvalue weighted by Crippen LogP contribution is -2.42. The molecule has 1 atom stereocenters. The Kier molecular flexibility index (Phi) is 8.41. The van der Waals surface area contributed by atoms with Gasteiger partial charge in [-0.05, 0) is 60.5 Å². The van der Waals surface area contributed by atoms with Crippen LogP contribution >= 0.6 is 11.6 Å². The molecule has 0 spiro atoms. The summed E-state index contributed by atoms with van der Waals surface area (Å²) in [6, 6.07) is 19.4. The van der Waals surface area contributed by atoms with Gasteiger partial charge in [0.25, 0.3) is 10.0 Å². The van der Waals surface area contributed by atoms with Gasteiger partial charge in [-0.3, -0.25) is 9.10 Å². The fourth-order valence-corrected chi connectivity index (χ4v) is 5.07. The van der Waals surface area contributed by atoms with E-state index in [4.69, 9.17) is 21.1 Å². The minimum atomic E-state index is -4.00. The van der Waals surface area contributed by atoms with E-state index in [0.717, 1.165) is 9.87 Å². The Morgan fingerprint density at radius 3 is 2.21 bits per heavy atom. The Morgan fingerprint density at radius 2 is 1.62 bits per heavy atom. The average molecular weight is 503 g/mol. The minimum Gasteiger partial charge on any atom is -0.493 e. The maximum atomic E-state index is 13.4. The monoisotopic (exact) mass is 502 g/mol. The largest absolute Gasteiger partial charge is 0.493 e. The number of sulfonamides is 1. The van der Waals surface area contributed by atoms with Crippen LogP contribution in [0.4, 0.5) is 5.69 Å². The van der Waals surface area contributed by atoms with Gasteiger partial charge in [-0.1, -0.05) is 42.8 Å². The fraction of sp³-hybridized carbons (Fsp3) is 0.240. The molecule has 0 fully saturated rings. The van der Waals surface area contributed by atoms with E-state index in [2.05, 4.69) is 5.32 Å². The predicted molar refractivity (Wildman–Crippen MR) is 133 cm³/mol. The van der Waals surface area contributed by atoms with Crippen LogP contribution in [0.3, 0.4) is 0 Å². The number of carbonyl (C=O) groups is 1. The summed E-state index contributed by atoms with van der Waals surface area (Å²) in [6.07, 6.45) is 0.591. The summed E-state index contributed by atoms with van der Waals surface area (Å²) < 4.78 is 38.6. The Labute approximate surface area is 205 Å². The van der Waals surface area contributed by atoms with Gasteiger partial charge in [-0.15, -0.1) is 0 Å². The topological polar surface area (TPSA) is 84.9 Å². The molecule has 0 bridgehead atoms. The quantitative estimate of drug-likeness (QED) is 0.429. The molecule has 180 valence electrons. The zero-order valence-electron chi connectivity index (χ0n) is 19.2. The molecule has 0 saturated heterocycles. The lowest BCUT2D eigenvalue weighted by Gasteiger charge is -2.26. The highest BCUT2D eigenvalue weighted by Crippen LogP contribution is 2.31. The summed E-state index contributed by atoms with van der Waals surface area (Å²) in [7, 11) is -0.904. The number of hydrogen-bond donors (Lipinski definition) is 1. The van der Waals surface area contributed by atoms with Crippen molar-refractivity contribution in [3.63, 3.8) is 0 Å². The molecule has 3 aromatic carbocycles. The first-order chi connectivity index (χ1) is 16.3. The summed E-state index contributed by atoms with van der Waals surface area (Å²) in [6.45, 7) is 1.53. The number of carbonyl (C=O) groups excluding carboxylic acids is 1. The van der Waals surface area contributed by atoms with Gasteiger partial charge in [0.1, 0.15) is 6.54 Å². The number of hydrogen-bond acceptors (Lipinski definition) is 5. The number of nitrogens with one attached hydrogen (secondary N) is 1. The Bertz CT molecular complexity index is 1220. The molecule has 0 heterocycles. The lowest BCUT2D eigenvalue weighted by molar-refractivity contribution is -0.120. The highest BCUT2D eigenvalue weighted by molar-refractivity contribution is 7.92. The molecular formula is C25H27ClN2O5S. The number of benzene rings is 3. The van der Waals surface area contributed by atoms with E-state index in [-0.39, 0.29) is 10.9 Å². The molecule has 1 N–H and O–H groups in total.